The van der Waals surface area contributed by atoms with E-state index in [9.17, 15) is 10.2 Å². The Kier molecular flexibility index (Phi) is 6.46. The van der Waals surface area contributed by atoms with Gasteiger partial charge >= 0.3 is 0 Å². The van der Waals surface area contributed by atoms with E-state index in [1.165, 1.54) is 25.5 Å². The van der Waals surface area contributed by atoms with Crippen molar-refractivity contribution in [2.75, 3.05) is 0 Å². The zero-order valence-electron chi connectivity index (χ0n) is 11.8. The molecule has 4 N–H and O–H groups in total. The Morgan fingerprint density at radius 1 is 1.23 bits per heavy atom. The minimum absolute atomic E-state index is 0.0582. The molecule has 8 heteroatoms. The molecule has 0 bridgehead atoms. The number of hydrogen-bond donors (Lipinski definition) is 4. The zero-order chi connectivity index (χ0) is 16.1. The molecule has 120 valence electrons. The van der Waals surface area contributed by atoms with Gasteiger partial charge in [-0.1, -0.05) is 19.3 Å². The topological polar surface area (TPSA) is 76.9 Å². The monoisotopic (exact) mass is 449 g/mol. The Hall–Kier alpha value is -0.860. The lowest BCUT2D eigenvalue weighted by Gasteiger charge is -2.23. The first-order valence-electron chi connectivity index (χ1n) is 6.98. The normalized spacial score (nSPS) is 15.9. The molecule has 0 unspecified atom stereocenters. The number of rotatable bonds is 3. The van der Waals surface area contributed by atoms with Gasteiger partial charge in [0.05, 0.1) is 10.7 Å². The Morgan fingerprint density at radius 3 is 2.59 bits per heavy atom. The summed E-state index contributed by atoms with van der Waals surface area (Å²) in [5, 5.41) is 27.3. The summed E-state index contributed by atoms with van der Waals surface area (Å²) in [6, 6.07) is 1.98. The van der Waals surface area contributed by atoms with Crippen molar-refractivity contribution in [2.45, 2.75) is 38.1 Å². The second-order valence-electron chi connectivity index (χ2n) is 5.14. The van der Waals surface area contributed by atoms with Crippen molar-refractivity contribution in [1.29, 1.82) is 0 Å². The molecule has 1 aromatic rings. The molecule has 0 radical (unpaired) electrons. The predicted molar refractivity (Wildman–Crippen MR) is 98.5 cm³/mol. The number of nitrogens with zero attached hydrogens (tertiary/aromatic N) is 1. The molecule has 0 saturated heterocycles. The highest BCUT2D eigenvalue weighted by Crippen LogP contribution is 2.40. The van der Waals surface area contributed by atoms with Crippen molar-refractivity contribution >= 4 is 55.4 Å². The predicted octanol–water partition coefficient (Wildman–Crippen LogP) is 3.75. The van der Waals surface area contributed by atoms with Crippen molar-refractivity contribution in [3.8, 4) is 11.5 Å². The first-order chi connectivity index (χ1) is 10.5. The number of hydrogen-bond acceptors (Lipinski definition) is 4. The molecular weight excluding hydrogens is 434 g/mol. The van der Waals surface area contributed by atoms with Crippen LogP contribution in [0.25, 0.3) is 0 Å². The zero-order valence-corrected chi connectivity index (χ0v) is 15.8. The molecule has 1 aliphatic carbocycles. The molecule has 22 heavy (non-hydrogen) atoms. The van der Waals surface area contributed by atoms with Gasteiger partial charge < -0.3 is 15.5 Å². The fourth-order valence-corrected chi connectivity index (χ4v) is 3.71. The molecule has 0 heterocycles. The van der Waals surface area contributed by atoms with Crippen LogP contribution >= 0.6 is 44.1 Å². The van der Waals surface area contributed by atoms with Crippen LogP contribution in [0.2, 0.25) is 0 Å². The number of thiocarbonyl (C=S) groups is 1. The lowest BCUT2D eigenvalue weighted by atomic mass is 9.96. The van der Waals surface area contributed by atoms with Gasteiger partial charge in [0.1, 0.15) is 16.0 Å². The molecule has 1 fully saturated rings. The number of halogens is 2. The maximum atomic E-state index is 9.93. The van der Waals surface area contributed by atoms with E-state index in [4.69, 9.17) is 12.2 Å². The van der Waals surface area contributed by atoms with Gasteiger partial charge in [0, 0.05) is 11.6 Å². The van der Waals surface area contributed by atoms with Gasteiger partial charge in [-0.2, -0.15) is 5.10 Å². The largest absolute Gasteiger partial charge is 0.506 e. The Bertz CT molecular complexity index is 590. The highest BCUT2D eigenvalue weighted by molar-refractivity contribution is 9.11. The van der Waals surface area contributed by atoms with Crippen LogP contribution in [-0.2, 0) is 0 Å². The van der Waals surface area contributed by atoms with E-state index in [0.717, 1.165) is 12.8 Å². The summed E-state index contributed by atoms with van der Waals surface area (Å²) in [4.78, 5) is 0. The van der Waals surface area contributed by atoms with Crippen molar-refractivity contribution < 1.29 is 10.2 Å². The second kappa shape index (κ2) is 8.12. The van der Waals surface area contributed by atoms with Gasteiger partial charge in [-0.15, -0.1) is 0 Å². The quantitative estimate of drug-likeness (QED) is 0.320. The Balaban J connectivity index is 1.93. The summed E-state index contributed by atoms with van der Waals surface area (Å²) in [5.41, 5.74) is 3.19. The van der Waals surface area contributed by atoms with Gasteiger partial charge in [0.25, 0.3) is 0 Å². The summed E-state index contributed by atoms with van der Waals surface area (Å²) in [7, 11) is 0. The van der Waals surface area contributed by atoms with Gasteiger partial charge in [-0.3, -0.25) is 5.43 Å². The lowest BCUT2D eigenvalue weighted by Crippen LogP contribution is -2.40. The summed E-state index contributed by atoms with van der Waals surface area (Å²) < 4.78 is 0.674. The maximum Gasteiger partial charge on any atom is 0.187 e. The van der Waals surface area contributed by atoms with E-state index in [2.05, 4.69) is 47.7 Å². The Morgan fingerprint density at radius 2 is 1.91 bits per heavy atom. The molecule has 0 spiro atoms. The molecule has 0 amide bonds. The number of hydrazone groups is 1. The van der Waals surface area contributed by atoms with Crippen LogP contribution in [0.15, 0.2) is 20.1 Å². The first-order valence-corrected chi connectivity index (χ1v) is 8.98. The first kappa shape index (κ1) is 17.5. The highest BCUT2D eigenvalue weighted by Gasteiger charge is 2.14. The Labute approximate surface area is 151 Å². The average molecular weight is 451 g/mol. The van der Waals surface area contributed by atoms with Crippen LogP contribution < -0.4 is 10.7 Å². The van der Waals surface area contributed by atoms with Crippen LogP contribution in [0.5, 0.6) is 11.5 Å². The smallest absolute Gasteiger partial charge is 0.187 e. The van der Waals surface area contributed by atoms with E-state index < -0.39 is 0 Å². The molecule has 0 atom stereocenters. The average Bonchev–Trinajstić information content (AvgIpc) is 2.51. The van der Waals surface area contributed by atoms with E-state index in [-0.39, 0.29) is 16.0 Å². The van der Waals surface area contributed by atoms with Crippen LogP contribution in [0.3, 0.4) is 0 Å². The molecule has 0 aromatic heterocycles. The summed E-state index contributed by atoms with van der Waals surface area (Å²) in [5.74, 6) is -0.144. The van der Waals surface area contributed by atoms with Crippen molar-refractivity contribution in [3.63, 3.8) is 0 Å². The number of benzene rings is 1. The second-order valence-corrected chi connectivity index (χ2v) is 7.19. The standard InChI is InChI=1S/C14H17Br2N3O2S/c15-10-6-8(12(20)11(16)13(10)21)7-17-19-14(22)18-9-4-2-1-3-5-9/h6-7,9,20-21H,1-5H2,(H2,18,19,22)/b17-7-. The van der Waals surface area contributed by atoms with Gasteiger partial charge in [0.15, 0.2) is 5.11 Å². The number of aromatic hydroxyl groups is 2. The fraction of sp³-hybridized carbons (Fsp3) is 0.429. The molecule has 0 aliphatic heterocycles. The van der Waals surface area contributed by atoms with Crippen LogP contribution in [0.4, 0.5) is 0 Å². The third kappa shape index (κ3) is 4.57. The highest BCUT2D eigenvalue weighted by atomic mass is 79.9. The van der Waals surface area contributed by atoms with Crippen LogP contribution in [0, 0.1) is 0 Å². The van der Waals surface area contributed by atoms with Crippen molar-refractivity contribution in [1.82, 2.24) is 10.7 Å². The summed E-state index contributed by atoms with van der Waals surface area (Å²) in [6.07, 6.45) is 7.45. The van der Waals surface area contributed by atoms with Gasteiger partial charge in [-0.25, -0.2) is 0 Å². The number of phenolic OH excluding ortho intramolecular Hbond substituents is 2. The van der Waals surface area contributed by atoms with Gasteiger partial charge in [0.2, 0.25) is 0 Å². The third-order valence-electron chi connectivity index (χ3n) is 3.51. The van der Waals surface area contributed by atoms with E-state index in [1.807, 2.05) is 0 Å². The van der Waals surface area contributed by atoms with Crippen molar-refractivity contribution in [3.05, 3.63) is 20.6 Å². The summed E-state index contributed by atoms with van der Waals surface area (Å²) >= 11 is 11.5. The lowest BCUT2D eigenvalue weighted by molar-refractivity contribution is 0.412. The molecule has 5 nitrogen and oxygen atoms in total. The fourth-order valence-electron chi connectivity index (χ4n) is 2.34. The van der Waals surface area contributed by atoms with Gasteiger partial charge in [-0.05, 0) is 63.0 Å². The van der Waals surface area contributed by atoms with E-state index >= 15 is 0 Å². The minimum atomic E-state index is -0.0857. The molecular formula is C14H17Br2N3O2S. The maximum absolute atomic E-state index is 9.93. The van der Waals surface area contributed by atoms with Crippen LogP contribution in [0.1, 0.15) is 37.7 Å². The molecule has 2 rings (SSSR count). The van der Waals surface area contributed by atoms with Crippen LogP contribution in [-0.4, -0.2) is 27.6 Å². The molecule has 1 aliphatic rings. The minimum Gasteiger partial charge on any atom is -0.506 e. The molecule has 1 aromatic carbocycles. The SMILES string of the molecule is Oc1c(Br)cc(/C=N\NC(=S)NC2CCCCC2)c(O)c1Br. The summed E-state index contributed by atoms with van der Waals surface area (Å²) in [6.45, 7) is 0. The molecule has 1 saturated carbocycles. The van der Waals surface area contributed by atoms with E-state index in [1.54, 1.807) is 6.07 Å². The number of phenols is 2. The third-order valence-corrected chi connectivity index (χ3v) is 5.07. The number of nitrogens with one attached hydrogen (secondary N) is 2. The van der Waals surface area contributed by atoms with Crippen molar-refractivity contribution in [2.24, 2.45) is 5.10 Å². The van der Waals surface area contributed by atoms with E-state index in [0.29, 0.717) is 21.2 Å².